The van der Waals surface area contributed by atoms with Crippen molar-refractivity contribution < 1.29 is 23.9 Å². The van der Waals surface area contributed by atoms with Gasteiger partial charge in [0.25, 0.3) is 5.91 Å². The van der Waals surface area contributed by atoms with Crippen molar-refractivity contribution in [3.05, 3.63) is 59.2 Å². The van der Waals surface area contributed by atoms with Gasteiger partial charge >= 0.3 is 0 Å². The van der Waals surface area contributed by atoms with Crippen LogP contribution in [0.3, 0.4) is 0 Å². The Morgan fingerprint density at radius 2 is 1.88 bits per heavy atom. The van der Waals surface area contributed by atoms with Crippen LogP contribution in [0.4, 0.5) is 0 Å². The fourth-order valence-corrected chi connectivity index (χ4v) is 6.90. The molecular weight excluding hydrogens is 530 g/mol. The van der Waals surface area contributed by atoms with Gasteiger partial charge in [0.05, 0.1) is 26.3 Å². The first-order valence-electron chi connectivity index (χ1n) is 15.5. The molecule has 8 nitrogen and oxygen atoms in total. The van der Waals surface area contributed by atoms with Gasteiger partial charge in [-0.3, -0.25) is 14.4 Å². The first kappa shape index (κ1) is 30.1. The van der Waals surface area contributed by atoms with Gasteiger partial charge in [0.15, 0.2) is 5.78 Å². The van der Waals surface area contributed by atoms with Crippen LogP contribution in [-0.4, -0.2) is 61.9 Å². The second kappa shape index (κ2) is 12.9. The SMILES string of the molecule is CCOc1cc(OC)ccc1CNCC(=O)N1CCCC(c2cccc(C(=O)N[C@@H](C(=O)C(C)C)C34CC(C3)C4)c2)C1. The summed E-state index contributed by atoms with van der Waals surface area (Å²) < 4.78 is 11.1. The number of hydrogen-bond acceptors (Lipinski definition) is 6. The first-order valence-corrected chi connectivity index (χ1v) is 15.5. The maximum atomic E-state index is 13.4. The zero-order valence-corrected chi connectivity index (χ0v) is 25.4. The summed E-state index contributed by atoms with van der Waals surface area (Å²) in [6, 6.07) is 13.0. The summed E-state index contributed by atoms with van der Waals surface area (Å²) in [5.41, 5.74) is 2.58. The Kier molecular flexibility index (Phi) is 9.21. The minimum absolute atomic E-state index is 0.0322. The molecule has 42 heavy (non-hydrogen) atoms. The molecule has 3 aliphatic carbocycles. The van der Waals surface area contributed by atoms with Crippen LogP contribution >= 0.6 is 0 Å². The van der Waals surface area contributed by atoms with Crippen molar-refractivity contribution >= 4 is 17.6 Å². The molecule has 226 valence electrons. The van der Waals surface area contributed by atoms with Crippen LogP contribution in [0.25, 0.3) is 0 Å². The molecular formula is C34H45N3O5. The minimum atomic E-state index is -0.406. The molecule has 6 rings (SSSR count). The monoisotopic (exact) mass is 575 g/mol. The molecule has 2 amide bonds. The number of Topliss-reactive ketones (excluding diaryl/α,β-unsaturated/α-hetero) is 1. The molecule has 1 saturated heterocycles. The summed E-state index contributed by atoms with van der Waals surface area (Å²) >= 11 is 0. The summed E-state index contributed by atoms with van der Waals surface area (Å²) in [6.45, 7) is 8.42. The molecule has 0 aromatic heterocycles. The van der Waals surface area contributed by atoms with E-state index in [1.54, 1.807) is 7.11 Å². The van der Waals surface area contributed by atoms with Crippen LogP contribution in [0.5, 0.6) is 11.5 Å². The number of nitrogens with zero attached hydrogens (tertiary/aromatic N) is 1. The molecule has 3 saturated carbocycles. The van der Waals surface area contributed by atoms with Crippen LogP contribution in [0, 0.1) is 17.3 Å². The van der Waals surface area contributed by atoms with Gasteiger partial charge in [0.2, 0.25) is 5.91 Å². The second-order valence-corrected chi connectivity index (χ2v) is 12.6. The summed E-state index contributed by atoms with van der Waals surface area (Å²) in [6.07, 6.45) is 5.01. The number of piperidine rings is 1. The van der Waals surface area contributed by atoms with E-state index in [-0.39, 0.29) is 41.4 Å². The number of ether oxygens (including phenoxy) is 2. The molecule has 2 aromatic rings. The van der Waals surface area contributed by atoms with Gasteiger partial charge in [-0.05, 0) is 74.1 Å². The number of likely N-dealkylation sites (tertiary alicyclic amines) is 1. The van der Waals surface area contributed by atoms with Crippen molar-refractivity contribution in [1.82, 2.24) is 15.5 Å². The highest BCUT2D eigenvalue weighted by Gasteiger charge is 2.62. The molecule has 1 heterocycles. The smallest absolute Gasteiger partial charge is 0.251 e. The Morgan fingerprint density at radius 3 is 2.55 bits per heavy atom. The quantitative estimate of drug-likeness (QED) is 0.359. The number of hydrogen-bond donors (Lipinski definition) is 2. The van der Waals surface area contributed by atoms with E-state index >= 15 is 0 Å². The van der Waals surface area contributed by atoms with Gasteiger partial charge in [0.1, 0.15) is 11.5 Å². The predicted molar refractivity (Wildman–Crippen MR) is 162 cm³/mol. The lowest BCUT2D eigenvalue weighted by atomic mass is 9.41. The molecule has 0 spiro atoms. The predicted octanol–water partition coefficient (Wildman–Crippen LogP) is 4.71. The highest BCUT2D eigenvalue weighted by Crippen LogP contribution is 2.66. The van der Waals surface area contributed by atoms with Crippen LogP contribution in [0.2, 0.25) is 0 Å². The molecule has 2 atom stereocenters. The van der Waals surface area contributed by atoms with Gasteiger partial charge in [-0.25, -0.2) is 0 Å². The van der Waals surface area contributed by atoms with E-state index in [0.29, 0.717) is 25.3 Å². The molecule has 4 aliphatic rings. The normalized spacial score (nSPS) is 23.4. The summed E-state index contributed by atoms with van der Waals surface area (Å²) in [5.74, 6) is 2.28. The van der Waals surface area contributed by atoms with E-state index in [1.165, 1.54) is 0 Å². The molecule has 2 N–H and O–H groups in total. The zero-order chi connectivity index (χ0) is 29.9. The molecule has 2 bridgehead atoms. The van der Waals surface area contributed by atoms with E-state index in [9.17, 15) is 14.4 Å². The van der Waals surface area contributed by atoms with E-state index in [2.05, 4.69) is 10.6 Å². The Hall–Kier alpha value is -3.39. The maximum absolute atomic E-state index is 13.4. The third-order valence-corrected chi connectivity index (χ3v) is 9.39. The van der Waals surface area contributed by atoms with Gasteiger partial charge in [-0.2, -0.15) is 0 Å². The number of methoxy groups -OCH3 is 1. The highest BCUT2D eigenvalue weighted by molar-refractivity contribution is 5.99. The van der Waals surface area contributed by atoms with Crippen molar-refractivity contribution in [2.75, 3.05) is 33.4 Å². The van der Waals surface area contributed by atoms with Crippen molar-refractivity contribution in [2.45, 2.75) is 71.4 Å². The number of benzene rings is 2. The lowest BCUT2D eigenvalue weighted by molar-refractivity contribution is -0.155. The average molecular weight is 576 g/mol. The fourth-order valence-electron chi connectivity index (χ4n) is 6.90. The van der Waals surface area contributed by atoms with Crippen LogP contribution < -0.4 is 20.1 Å². The van der Waals surface area contributed by atoms with E-state index in [4.69, 9.17) is 9.47 Å². The van der Waals surface area contributed by atoms with Crippen molar-refractivity contribution in [3.63, 3.8) is 0 Å². The Morgan fingerprint density at radius 1 is 1.10 bits per heavy atom. The summed E-state index contributed by atoms with van der Waals surface area (Å²) in [5, 5.41) is 6.41. The number of amides is 2. The Labute approximate surface area is 249 Å². The van der Waals surface area contributed by atoms with E-state index in [1.807, 2.05) is 68.1 Å². The average Bonchev–Trinajstić information content (AvgIpc) is 2.95. The third-order valence-electron chi connectivity index (χ3n) is 9.39. The van der Waals surface area contributed by atoms with Gasteiger partial charge in [-0.1, -0.05) is 32.0 Å². The van der Waals surface area contributed by atoms with Crippen molar-refractivity contribution in [3.8, 4) is 11.5 Å². The fraction of sp³-hybridized carbons (Fsp3) is 0.559. The highest BCUT2D eigenvalue weighted by atomic mass is 16.5. The Bertz CT molecular complexity index is 1290. The van der Waals surface area contributed by atoms with E-state index in [0.717, 1.165) is 67.2 Å². The third kappa shape index (κ3) is 6.33. The summed E-state index contributed by atoms with van der Waals surface area (Å²) in [7, 11) is 1.63. The zero-order valence-electron chi connectivity index (χ0n) is 25.4. The van der Waals surface area contributed by atoms with Gasteiger partial charge in [-0.15, -0.1) is 0 Å². The molecule has 2 aromatic carbocycles. The number of nitrogens with one attached hydrogen (secondary N) is 2. The Balaban J connectivity index is 1.17. The first-order chi connectivity index (χ1) is 20.2. The van der Waals surface area contributed by atoms with Crippen LogP contribution in [0.1, 0.15) is 80.3 Å². The number of carbonyl (C=O) groups is 3. The van der Waals surface area contributed by atoms with Gasteiger partial charge in [0, 0.05) is 48.7 Å². The van der Waals surface area contributed by atoms with Crippen LogP contribution in [-0.2, 0) is 16.1 Å². The number of rotatable bonds is 13. The summed E-state index contributed by atoms with van der Waals surface area (Å²) in [4.78, 5) is 41.5. The van der Waals surface area contributed by atoms with Crippen LogP contribution in [0.15, 0.2) is 42.5 Å². The lowest BCUT2D eigenvalue weighted by Crippen LogP contribution is -2.66. The number of ketones is 1. The standard InChI is InChI=1S/C34H45N3O5/c1-5-42-29-15-28(41-4)12-11-26(29)19-35-20-30(38)37-13-7-10-27(21-37)24-8-6-9-25(14-24)33(40)36-32(31(39)22(2)3)34-16-23(17-34)18-34/h6,8-9,11-12,14-15,22-23,27,32,35H,5,7,10,13,16-21H2,1-4H3,(H,36,40)/t23?,27?,32-,34?/m0/s1. The van der Waals surface area contributed by atoms with Gasteiger partial charge < -0.3 is 25.0 Å². The molecule has 4 fully saturated rings. The topological polar surface area (TPSA) is 97.0 Å². The lowest BCUT2D eigenvalue weighted by Gasteiger charge is -2.65. The molecule has 8 heteroatoms. The van der Waals surface area contributed by atoms with Crippen molar-refractivity contribution in [2.24, 2.45) is 17.3 Å². The van der Waals surface area contributed by atoms with Crippen molar-refractivity contribution in [1.29, 1.82) is 0 Å². The molecule has 1 unspecified atom stereocenters. The largest absolute Gasteiger partial charge is 0.497 e. The maximum Gasteiger partial charge on any atom is 0.251 e. The second-order valence-electron chi connectivity index (χ2n) is 12.6. The molecule has 0 radical (unpaired) electrons. The number of carbonyl (C=O) groups excluding carboxylic acids is 3. The minimum Gasteiger partial charge on any atom is -0.497 e. The van der Waals surface area contributed by atoms with E-state index < -0.39 is 6.04 Å². The molecule has 1 aliphatic heterocycles.